The van der Waals surface area contributed by atoms with Gasteiger partial charge in [0, 0.05) is 12.6 Å². The highest BCUT2D eigenvalue weighted by Crippen LogP contribution is 2.20. The van der Waals surface area contributed by atoms with E-state index in [1.54, 1.807) is 6.92 Å². The van der Waals surface area contributed by atoms with E-state index >= 15 is 0 Å². The van der Waals surface area contributed by atoms with E-state index in [0.717, 1.165) is 6.42 Å². The van der Waals surface area contributed by atoms with E-state index in [0.29, 0.717) is 12.2 Å². The molecule has 0 fully saturated rings. The predicted octanol–water partition coefficient (Wildman–Crippen LogP) is 2.53. The molecule has 1 atom stereocenters. The summed E-state index contributed by atoms with van der Waals surface area (Å²) in [6.07, 6.45) is 1.43. The fraction of sp³-hybridized carbons (Fsp3) is 0.500. The first-order valence-electron chi connectivity index (χ1n) is 6.41. The fourth-order valence-electron chi connectivity index (χ4n) is 1.68. The van der Waals surface area contributed by atoms with Crippen LogP contribution in [0, 0.1) is 5.82 Å². The van der Waals surface area contributed by atoms with E-state index in [9.17, 15) is 14.3 Å². The molecule has 0 heterocycles. The zero-order valence-electron chi connectivity index (χ0n) is 11.6. The summed E-state index contributed by atoms with van der Waals surface area (Å²) < 4.78 is 18.1. The maximum atomic E-state index is 12.9. The standard InChI is InChI=1S/C14H19ClFNO3/c1-3-6-14(2,19)9-17-13(18)8-20-10-4-5-12(16)11(15)7-10/h4-5,7,19H,3,6,8-9H2,1-2H3,(H,17,18). The van der Waals surface area contributed by atoms with Gasteiger partial charge in [0.2, 0.25) is 0 Å². The van der Waals surface area contributed by atoms with Crippen LogP contribution in [-0.2, 0) is 4.79 Å². The maximum Gasteiger partial charge on any atom is 0.258 e. The van der Waals surface area contributed by atoms with Crippen molar-refractivity contribution in [3.8, 4) is 5.75 Å². The average molecular weight is 304 g/mol. The first-order chi connectivity index (χ1) is 9.34. The average Bonchev–Trinajstić information content (AvgIpc) is 2.38. The first-order valence-corrected chi connectivity index (χ1v) is 6.79. The topological polar surface area (TPSA) is 58.6 Å². The van der Waals surface area contributed by atoms with E-state index in [1.807, 2.05) is 6.92 Å². The van der Waals surface area contributed by atoms with Crippen LogP contribution in [0.15, 0.2) is 18.2 Å². The van der Waals surface area contributed by atoms with Gasteiger partial charge in [-0.25, -0.2) is 4.39 Å². The molecule has 0 spiro atoms. The molecule has 0 aliphatic heterocycles. The van der Waals surface area contributed by atoms with E-state index in [1.165, 1.54) is 18.2 Å². The van der Waals surface area contributed by atoms with Crippen molar-refractivity contribution in [3.05, 3.63) is 29.0 Å². The molecule has 2 N–H and O–H groups in total. The maximum absolute atomic E-state index is 12.9. The lowest BCUT2D eigenvalue weighted by atomic mass is 10.0. The Kier molecular flexibility index (Phi) is 6.23. The number of rotatable bonds is 7. The van der Waals surface area contributed by atoms with Crippen molar-refractivity contribution in [1.29, 1.82) is 0 Å². The number of nitrogens with one attached hydrogen (secondary N) is 1. The second-order valence-electron chi connectivity index (χ2n) is 4.89. The molecule has 0 aromatic heterocycles. The Morgan fingerprint density at radius 3 is 2.85 bits per heavy atom. The van der Waals surface area contributed by atoms with Crippen molar-refractivity contribution < 1.29 is 19.0 Å². The van der Waals surface area contributed by atoms with E-state index in [4.69, 9.17) is 16.3 Å². The summed E-state index contributed by atoms with van der Waals surface area (Å²) in [5.74, 6) is -0.590. The van der Waals surface area contributed by atoms with Crippen molar-refractivity contribution >= 4 is 17.5 Å². The lowest BCUT2D eigenvalue weighted by molar-refractivity contribution is -0.124. The Labute approximate surface area is 122 Å². The van der Waals surface area contributed by atoms with Crippen molar-refractivity contribution in [2.45, 2.75) is 32.3 Å². The Bertz CT molecular complexity index is 466. The quantitative estimate of drug-likeness (QED) is 0.814. The first kappa shape index (κ1) is 16.7. The van der Waals surface area contributed by atoms with Crippen LogP contribution in [0.3, 0.4) is 0 Å². The van der Waals surface area contributed by atoms with Crippen LogP contribution in [0.25, 0.3) is 0 Å². The Hall–Kier alpha value is -1.33. The second-order valence-corrected chi connectivity index (χ2v) is 5.30. The Balaban J connectivity index is 2.38. The van der Waals surface area contributed by atoms with Gasteiger partial charge < -0.3 is 15.2 Å². The number of amides is 1. The summed E-state index contributed by atoms with van der Waals surface area (Å²) in [6, 6.07) is 3.86. The zero-order chi connectivity index (χ0) is 15.2. The molecule has 1 amide bonds. The number of hydrogen-bond acceptors (Lipinski definition) is 3. The summed E-state index contributed by atoms with van der Waals surface area (Å²) in [5, 5.41) is 12.4. The van der Waals surface area contributed by atoms with Gasteiger partial charge in [0.05, 0.1) is 10.6 Å². The van der Waals surface area contributed by atoms with Crippen molar-refractivity contribution in [2.75, 3.05) is 13.2 Å². The molecule has 1 unspecified atom stereocenters. The fourth-order valence-corrected chi connectivity index (χ4v) is 1.85. The van der Waals surface area contributed by atoms with Crippen LogP contribution in [0.5, 0.6) is 5.75 Å². The van der Waals surface area contributed by atoms with E-state index < -0.39 is 11.4 Å². The van der Waals surface area contributed by atoms with E-state index in [-0.39, 0.29) is 24.1 Å². The third-order valence-electron chi connectivity index (χ3n) is 2.72. The lowest BCUT2D eigenvalue weighted by Gasteiger charge is -2.22. The molecular formula is C14H19ClFNO3. The van der Waals surface area contributed by atoms with Gasteiger partial charge in [-0.15, -0.1) is 0 Å². The van der Waals surface area contributed by atoms with Gasteiger partial charge >= 0.3 is 0 Å². The Morgan fingerprint density at radius 1 is 1.55 bits per heavy atom. The van der Waals surface area contributed by atoms with Crippen molar-refractivity contribution in [2.24, 2.45) is 0 Å². The molecule has 1 aromatic carbocycles. The highest BCUT2D eigenvalue weighted by Gasteiger charge is 2.19. The SMILES string of the molecule is CCCC(C)(O)CNC(=O)COc1ccc(F)c(Cl)c1. The molecule has 6 heteroatoms. The molecule has 1 aromatic rings. The normalized spacial score (nSPS) is 13.7. The molecular weight excluding hydrogens is 285 g/mol. The van der Waals surface area contributed by atoms with Gasteiger partial charge in [-0.3, -0.25) is 4.79 Å². The number of aliphatic hydroxyl groups is 1. The summed E-state index contributed by atoms with van der Waals surface area (Å²) in [5.41, 5.74) is -0.927. The summed E-state index contributed by atoms with van der Waals surface area (Å²) in [4.78, 5) is 11.6. The minimum Gasteiger partial charge on any atom is -0.484 e. The number of carbonyl (C=O) groups excluding carboxylic acids is 1. The van der Waals surface area contributed by atoms with Gasteiger partial charge in [0.1, 0.15) is 11.6 Å². The second kappa shape index (κ2) is 7.45. The van der Waals surface area contributed by atoms with E-state index in [2.05, 4.69) is 5.32 Å². The monoisotopic (exact) mass is 303 g/mol. The van der Waals surface area contributed by atoms with Crippen LogP contribution in [0.4, 0.5) is 4.39 Å². The highest BCUT2D eigenvalue weighted by atomic mass is 35.5. The molecule has 0 saturated carbocycles. The zero-order valence-corrected chi connectivity index (χ0v) is 12.3. The smallest absolute Gasteiger partial charge is 0.258 e. The molecule has 0 saturated heterocycles. The predicted molar refractivity (Wildman–Crippen MR) is 75.4 cm³/mol. The molecule has 4 nitrogen and oxygen atoms in total. The van der Waals surface area contributed by atoms with Crippen LogP contribution in [0.2, 0.25) is 5.02 Å². The van der Waals surface area contributed by atoms with Crippen LogP contribution in [0.1, 0.15) is 26.7 Å². The molecule has 0 aliphatic carbocycles. The van der Waals surface area contributed by atoms with Crippen molar-refractivity contribution in [3.63, 3.8) is 0 Å². The molecule has 0 radical (unpaired) electrons. The minimum atomic E-state index is -0.927. The third-order valence-corrected chi connectivity index (χ3v) is 3.01. The minimum absolute atomic E-state index is 0.0613. The van der Waals surface area contributed by atoms with Gasteiger partial charge in [0.25, 0.3) is 5.91 Å². The third kappa shape index (κ3) is 5.75. The largest absolute Gasteiger partial charge is 0.484 e. The van der Waals surface area contributed by atoms with Crippen LogP contribution in [-0.4, -0.2) is 29.8 Å². The number of benzene rings is 1. The van der Waals surface area contributed by atoms with Gasteiger partial charge in [0.15, 0.2) is 6.61 Å². The van der Waals surface area contributed by atoms with Gasteiger partial charge in [-0.2, -0.15) is 0 Å². The number of ether oxygens (including phenoxy) is 1. The van der Waals surface area contributed by atoms with Gasteiger partial charge in [-0.1, -0.05) is 24.9 Å². The molecule has 0 aliphatic rings. The number of carbonyl (C=O) groups is 1. The van der Waals surface area contributed by atoms with Gasteiger partial charge in [-0.05, 0) is 25.5 Å². The van der Waals surface area contributed by atoms with Crippen molar-refractivity contribution in [1.82, 2.24) is 5.32 Å². The summed E-state index contributed by atoms with van der Waals surface area (Å²) in [6.45, 7) is 3.56. The summed E-state index contributed by atoms with van der Waals surface area (Å²) >= 11 is 5.60. The molecule has 0 bridgehead atoms. The molecule has 20 heavy (non-hydrogen) atoms. The van der Waals surface area contributed by atoms with Crippen LogP contribution >= 0.6 is 11.6 Å². The van der Waals surface area contributed by atoms with Crippen LogP contribution < -0.4 is 10.1 Å². The number of hydrogen-bond donors (Lipinski definition) is 2. The summed E-state index contributed by atoms with van der Waals surface area (Å²) in [7, 11) is 0. The molecule has 1 rings (SSSR count). The highest BCUT2D eigenvalue weighted by molar-refractivity contribution is 6.30. The molecule has 112 valence electrons. The lowest BCUT2D eigenvalue weighted by Crippen LogP contribution is -2.42. The Morgan fingerprint density at radius 2 is 2.25 bits per heavy atom. The number of halogens is 2.